The first-order valence-corrected chi connectivity index (χ1v) is 17.1. The molecule has 2 fully saturated rings. The quantitative estimate of drug-likeness (QED) is 0.169. The van der Waals surface area contributed by atoms with E-state index in [1.165, 1.54) is 32.1 Å². The smallest absolute Gasteiger partial charge is 0.308 e. The fraction of sp³-hybridized carbons (Fsp3) is 0.750. The third-order valence-electron chi connectivity index (χ3n) is 9.47. The second kappa shape index (κ2) is 17.3. The number of unbranched alkanes of at least 4 members (excludes halogenated alkanes) is 6. The average molecular weight is 615 g/mol. The number of hydrogen-bond acceptors (Lipinski definition) is 5. The Labute approximate surface area is 265 Å². The average Bonchev–Trinajstić information content (AvgIpc) is 2.98. The van der Waals surface area contributed by atoms with Crippen LogP contribution in [0.4, 0.5) is 0 Å². The second-order valence-electron chi connectivity index (χ2n) is 14.2. The van der Waals surface area contributed by atoms with Crippen molar-refractivity contribution in [2.45, 2.75) is 136 Å². The lowest BCUT2D eigenvalue weighted by atomic mass is 9.75. The van der Waals surface area contributed by atoms with E-state index < -0.39 is 29.2 Å². The summed E-state index contributed by atoms with van der Waals surface area (Å²) in [5.41, 5.74) is 0.589. The molecule has 0 radical (unpaired) electrons. The Hall–Kier alpha value is -2.45. The summed E-state index contributed by atoms with van der Waals surface area (Å²) in [4.78, 5) is 39.7. The molecule has 8 heteroatoms. The van der Waals surface area contributed by atoms with Crippen molar-refractivity contribution in [2.75, 3.05) is 13.2 Å². The number of aliphatic carboxylic acids is 1. The fourth-order valence-corrected chi connectivity index (χ4v) is 6.74. The molecule has 1 aliphatic heterocycles. The lowest BCUT2D eigenvalue weighted by Crippen LogP contribution is -2.57. The minimum Gasteiger partial charge on any atom is -0.481 e. The van der Waals surface area contributed by atoms with Gasteiger partial charge in [0.05, 0.1) is 12.5 Å². The van der Waals surface area contributed by atoms with Gasteiger partial charge in [-0.25, -0.2) is 0 Å². The molecular weight excluding hydrogens is 556 g/mol. The first-order chi connectivity index (χ1) is 20.9. The number of carboxylic acid groups (broad SMARTS) is 1. The third kappa shape index (κ3) is 11.2. The van der Waals surface area contributed by atoms with Crippen molar-refractivity contribution in [3.8, 4) is 0 Å². The van der Waals surface area contributed by atoms with Crippen LogP contribution in [0.3, 0.4) is 0 Å². The minimum absolute atomic E-state index is 0.00605. The number of carbonyl (C=O) groups is 3. The van der Waals surface area contributed by atoms with Crippen LogP contribution in [0.25, 0.3) is 0 Å². The monoisotopic (exact) mass is 614 g/mol. The van der Waals surface area contributed by atoms with E-state index in [4.69, 9.17) is 9.47 Å². The predicted octanol–water partition coefficient (Wildman–Crippen LogP) is 6.66. The molecule has 1 aromatic carbocycles. The Morgan fingerprint density at radius 1 is 0.955 bits per heavy atom. The number of carboxylic acids is 1. The molecule has 5 unspecified atom stereocenters. The summed E-state index contributed by atoms with van der Waals surface area (Å²) in [6.07, 6.45) is 12.4. The first-order valence-electron chi connectivity index (χ1n) is 17.1. The number of hydrogen-bond donors (Lipinski definition) is 3. The molecule has 1 saturated carbocycles. The van der Waals surface area contributed by atoms with Crippen LogP contribution in [0.1, 0.15) is 117 Å². The molecule has 1 heterocycles. The number of benzene rings is 1. The van der Waals surface area contributed by atoms with Gasteiger partial charge in [0.1, 0.15) is 6.10 Å². The van der Waals surface area contributed by atoms with E-state index in [0.29, 0.717) is 19.4 Å². The van der Waals surface area contributed by atoms with Crippen LogP contribution in [0, 0.1) is 23.2 Å². The summed E-state index contributed by atoms with van der Waals surface area (Å²) in [6, 6.07) is 9.91. The van der Waals surface area contributed by atoms with Gasteiger partial charge in [-0.05, 0) is 51.0 Å². The Morgan fingerprint density at radius 2 is 1.61 bits per heavy atom. The zero-order valence-corrected chi connectivity index (χ0v) is 27.9. The number of carbonyl (C=O) groups excluding carboxylic acids is 2. The van der Waals surface area contributed by atoms with Gasteiger partial charge in [-0.15, -0.1) is 0 Å². The van der Waals surface area contributed by atoms with Crippen molar-refractivity contribution in [3.63, 3.8) is 0 Å². The number of rotatable bonds is 17. The standard InChI is InChI=1S/C36H58N2O6/c1-6-7-8-9-10-11-15-20-27(23-26-18-13-12-14-19-26)32(39)38-30-22-17-16-21-28(30)29(34(41)42)24-37-33(40)31-35(2,3)25-43-36(4,5)44-31/h12-14,18-19,27-31H,6-11,15-17,20-25H2,1-5H3,(H,37,40)(H,38,39)(H,41,42). The zero-order chi connectivity index (χ0) is 32.2. The van der Waals surface area contributed by atoms with E-state index in [2.05, 4.69) is 29.7 Å². The first kappa shape index (κ1) is 36.0. The third-order valence-corrected chi connectivity index (χ3v) is 9.47. The van der Waals surface area contributed by atoms with Crippen molar-refractivity contribution in [2.24, 2.45) is 23.2 Å². The van der Waals surface area contributed by atoms with E-state index >= 15 is 0 Å². The van der Waals surface area contributed by atoms with Gasteiger partial charge in [0, 0.05) is 23.9 Å². The Balaban J connectivity index is 1.65. The van der Waals surface area contributed by atoms with Crippen molar-refractivity contribution in [1.29, 1.82) is 0 Å². The predicted molar refractivity (Wildman–Crippen MR) is 173 cm³/mol. The highest BCUT2D eigenvalue weighted by Gasteiger charge is 2.46. The van der Waals surface area contributed by atoms with Gasteiger partial charge in [0.25, 0.3) is 0 Å². The van der Waals surface area contributed by atoms with Crippen LogP contribution in [-0.4, -0.2) is 54.0 Å². The molecule has 0 spiro atoms. The van der Waals surface area contributed by atoms with Crippen LogP contribution in [-0.2, 0) is 30.3 Å². The van der Waals surface area contributed by atoms with Crippen molar-refractivity contribution < 1.29 is 29.0 Å². The Morgan fingerprint density at radius 3 is 2.30 bits per heavy atom. The molecule has 5 atom stereocenters. The van der Waals surface area contributed by atoms with Crippen LogP contribution < -0.4 is 10.6 Å². The molecule has 2 amide bonds. The van der Waals surface area contributed by atoms with Gasteiger partial charge in [0.15, 0.2) is 5.79 Å². The van der Waals surface area contributed by atoms with Gasteiger partial charge in [-0.2, -0.15) is 0 Å². The van der Waals surface area contributed by atoms with Gasteiger partial charge >= 0.3 is 5.97 Å². The number of nitrogens with one attached hydrogen (secondary N) is 2. The lowest BCUT2D eigenvalue weighted by Gasteiger charge is -2.45. The summed E-state index contributed by atoms with van der Waals surface area (Å²) in [6.45, 7) is 9.95. The maximum absolute atomic E-state index is 13.8. The summed E-state index contributed by atoms with van der Waals surface area (Å²) in [5.74, 6) is -3.38. The molecule has 1 saturated heterocycles. The highest BCUT2D eigenvalue weighted by atomic mass is 16.7. The summed E-state index contributed by atoms with van der Waals surface area (Å²) < 4.78 is 11.7. The lowest BCUT2D eigenvalue weighted by molar-refractivity contribution is -0.304. The summed E-state index contributed by atoms with van der Waals surface area (Å²) >= 11 is 0. The molecule has 44 heavy (non-hydrogen) atoms. The zero-order valence-electron chi connectivity index (χ0n) is 27.9. The summed E-state index contributed by atoms with van der Waals surface area (Å²) in [5, 5.41) is 16.5. The second-order valence-corrected chi connectivity index (χ2v) is 14.2. The van der Waals surface area contributed by atoms with Crippen molar-refractivity contribution in [1.82, 2.24) is 10.6 Å². The summed E-state index contributed by atoms with van der Waals surface area (Å²) in [7, 11) is 0. The maximum Gasteiger partial charge on any atom is 0.308 e. The molecular formula is C36H58N2O6. The molecule has 1 aromatic rings. The maximum atomic E-state index is 13.8. The molecule has 3 N–H and O–H groups in total. The van der Waals surface area contributed by atoms with Crippen LogP contribution in [0.2, 0.25) is 0 Å². The molecule has 8 nitrogen and oxygen atoms in total. The van der Waals surface area contributed by atoms with E-state index in [0.717, 1.165) is 44.1 Å². The van der Waals surface area contributed by atoms with Crippen molar-refractivity contribution in [3.05, 3.63) is 35.9 Å². The van der Waals surface area contributed by atoms with E-state index in [1.54, 1.807) is 13.8 Å². The Bertz CT molecular complexity index is 1040. The topological polar surface area (TPSA) is 114 Å². The fourth-order valence-electron chi connectivity index (χ4n) is 6.74. The highest BCUT2D eigenvalue weighted by molar-refractivity contribution is 5.83. The van der Waals surface area contributed by atoms with Crippen molar-refractivity contribution >= 4 is 17.8 Å². The van der Waals surface area contributed by atoms with E-state index in [1.807, 2.05) is 32.0 Å². The largest absolute Gasteiger partial charge is 0.481 e. The molecule has 248 valence electrons. The van der Waals surface area contributed by atoms with Gasteiger partial charge < -0.3 is 25.2 Å². The highest BCUT2D eigenvalue weighted by Crippen LogP contribution is 2.35. The Kier molecular flexibility index (Phi) is 14.2. The van der Waals surface area contributed by atoms with Gasteiger partial charge in [-0.1, -0.05) is 109 Å². The van der Waals surface area contributed by atoms with Crippen LogP contribution in [0.5, 0.6) is 0 Å². The van der Waals surface area contributed by atoms with Gasteiger partial charge in [0.2, 0.25) is 11.8 Å². The van der Waals surface area contributed by atoms with E-state index in [-0.39, 0.29) is 36.2 Å². The van der Waals surface area contributed by atoms with Gasteiger partial charge in [-0.3, -0.25) is 14.4 Å². The number of amides is 2. The SMILES string of the molecule is CCCCCCCCCC(Cc1ccccc1)C(=O)NC1CCCCC1C(CNC(=O)C1OC(C)(C)OCC1(C)C)C(=O)O. The number of ether oxygens (including phenoxy) is 2. The normalized spacial score (nSPS) is 24.2. The van der Waals surface area contributed by atoms with Crippen LogP contribution in [0.15, 0.2) is 30.3 Å². The molecule has 0 bridgehead atoms. The van der Waals surface area contributed by atoms with E-state index in [9.17, 15) is 19.5 Å². The van der Waals surface area contributed by atoms with Crippen LogP contribution >= 0.6 is 0 Å². The molecule has 1 aliphatic carbocycles. The molecule has 0 aromatic heterocycles. The minimum atomic E-state index is -0.951. The molecule has 3 rings (SSSR count). The molecule has 2 aliphatic rings.